The number of fused-ring (bicyclic) bond motifs is 1. The molecule has 2 rings (SSSR count). The van der Waals surface area contributed by atoms with Gasteiger partial charge in [0.2, 0.25) is 5.71 Å². The fourth-order valence-electron chi connectivity index (χ4n) is 1.77. The van der Waals surface area contributed by atoms with Gasteiger partial charge in [-0.1, -0.05) is 13.8 Å². The fourth-order valence-corrected chi connectivity index (χ4v) is 2.21. The van der Waals surface area contributed by atoms with E-state index in [1.54, 1.807) is 6.07 Å². The van der Waals surface area contributed by atoms with Gasteiger partial charge in [0.1, 0.15) is 0 Å². The molecule has 0 aromatic carbocycles. The number of hydrogen-bond donors (Lipinski definition) is 1. The number of aromatic nitrogens is 1. The van der Waals surface area contributed by atoms with E-state index in [9.17, 15) is 9.59 Å². The first-order valence-electron chi connectivity index (χ1n) is 5.33. The first kappa shape index (κ1) is 12.3. The summed E-state index contributed by atoms with van der Waals surface area (Å²) in [7, 11) is 0. The summed E-state index contributed by atoms with van der Waals surface area (Å²) in [6.45, 7) is 4.16. The zero-order valence-corrected chi connectivity index (χ0v) is 11.7. The van der Waals surface area contributed by atoms with Gasteiger partial charge in [0.05, 0.1) is 3.57 Å². The van der Waals surface area contributed by atoms with E-state index in [2.05, 4.69) is 18.8 Å². The predicted octanol–water partition coefficient (Wildman–Crippen LogP) is 2.28. The van der Waals surface area contributed by atoms with E-state index < -0.39 is 5.63 Å². The van der Waals surface area contributed by atoms with Gasteiger partial charge in [0.25, 0.3) is 5.56 Å². The minimum atomic E-state index is -0.426. The summed E-state index contributed by atoms with van der Waals surface area (Å²) in [5.41, 5.74) is 0.520. The molecule has 0 aliphatic carbocycles. The maximum Gasteiger partial charge on any atom is 0.337 e. The molecule has 0 aliphatic heterocycles. The summed E-state index contributed by atoms with van der Waals surface area (Å²) in [6, 6.07) is 3.26. The monoisotopic (exact) mass is 345 g/mol. The normalized spacial score (nSPS) is 11.3. The highest BCUT2D eigenvalue weighted by molar-refractivity contribution is 14.1. The summed E-state index contributed by atoms with van der Waals surface area (Å²) in [6.07, 6.45) is 0.782. The van der Waals surface area contributed by atoms with Crippen LogP contribution in [0.3, 0.4) is 0 Å². The van der Waals surface area contributed by atoms with Gasteiger partial charge in [0.15, 0.2) is 0 Å². The molecule has 4 nitrogen and oxygen atoms in total. The minimum absolute atomic E-state index is 0.233. The van der Waals surface area contributed by atoms with Crippen molar-refractivity contribution in [2.75, 3.05) is 0 Å². The number of hydrogen-bond acceptors (Lipinski definition) is 3. The first-order chi connectivity index (χ1) is 7.97. The maximum absolute atomic E-state index is 11.5. The number of aromatic amines is 1. The lowest BCUT2D eigenvalue weighted by Crippen LogP contribution is -2.12. The van der Waals surface area contributed by atoms with Crippen molar-refractivity contribution < 1.29 is 4.42 Å². The second-order valence-electron chi connectivity index (χ2n) is 4.38. The predicted molar refractivity (Wildman–Crippen MR) is 74.4 cm³/mol. The molecule has 0 radical (unpaired) electrons. The number of pyridine rings is 1. The Hall–Kier alpha value is -1.11. The zero-order valence-electron chi connectivity index (χ0n) is 9.54. The highest BCUT2D eigenvalue weighted by atomic mass is 127. The molecule has 2 aromatic rings. The van der Waals surface area contributed by atoms with E-state index in [0.717, 1.165) is 17.4 Å². The van der Waals surface area contributed by atoms with Crippen molar-refractivity contribution in [3.63, 3.8) is 0 Å². The molecule has 0 saturated heterocycles. The van der Waals surface area contributed by atoms with Crippen LogP contribution in [-0.4, -0.2) is 4.98 Å². The van der Waals surface area contributed by atoms with Crippen LogP contribution in [0.1, 0.15) is 19.4 Å². The molecule has 90 valence electrons. The Morgan fingerprint density at radius 2 is 2.06 bits per heavy atom. The Labute approximate surface area is 111 Å². The van der Waals surface area contributed by atoms with Gasteiger partial charge in [-0.05, 0) is 46.6 Å². The van der Waals surface area contributed by atoms with Crippen LogP contribution in [-0.2, 0) is 6.42 Å². The molecule has 1 N–H and O–H groups in total. The molecular formula is C12H12INO3. The molecule has 17 heavy (non-hydrogen) atoms. The smallest absolute Gasteiger partial charge is 0.337 e. The average molecular weight is 345 g/mol. The molecular weight excluding hydrogens is 333 g/mol. The third-order valence-corrected chi connectivity index (χ3v) is 3.23. The molecule has 5 heteroatoms. The molecule has 2 aromatic heterocycles. The molecule has 0 bridgehead atoms. The van der Waals surface area contributed by atoms with Crippen LogP contribution in [0.4, 0.5) is 0 Å². The lowest BCUT2D eigenvalue weighted by molar-refractivity contribution is 0.543. The molecule has 0 saturated carbocycles. The van der Waals surface area contributed by atoms with Gasteiger partial charge >= 0.3 is 5.63 Å². The van der Waals surface area contributed by atoms with E-state index in [4.69, 9.17) is 4.42 Å². The molecule has 0 spiro atoms. The third kappa shape index (κ3) is 2.59. The lowest BCUT2D eigenvalue weighted by atomic mass is 10.0. The minimum Gasteiger partial charge on any atom is -0.406 e. The van der Waals surface area contributed by atoms with E-state index in [1.165, 1.54) is 6.07 Å². The van der Waals surface area contributed by atoms with Gasteiger partial charge in [-0.15, -0.1) is 0 Å². The van der Waals surface area contributed by atoms with Crippen molar-refractivity contribution in [3.8, 4) is 0 Å². The molecule has 2 heterocycles. The van der Waals surface area contributed by atoms with Gasteiger partial charge in [-0.3, -0.25) is 9.78 Å². The standard InChI is InChI=1S/C12H12INO3/c1-6(2)3-7-4-10(15)17-12-8(7)5-9(13)11(16)14-12/h4-6H,3H2,1-2H3,(H,14,16). The molecule has 0 atom stereocenters. The summed E-state index contributed by atoms with van der Waals surface area (Å²) in [4.78, 5) is 25.4. The van der Waals surface area contributed by atoms with Crippen molar-refractivity contribution in [1.82, 2.24) is 4.98 Å². The second-order valence-corrected chi connectivity index (χ2v) is 5.54. The number of rotatable bonds is 2. The van der Waals surface area contributed by atoms with Crippen LogP contribution >= 0.6 is 22.6 Å². The van der Waals surface area contributed by atoms with Crippen LogP contribution in [0, 0.1) is 9.49 Å². The van der Waals surface area contributed by atoms with E-state index in [1.807, 2.05) is 22.6 Å². The van der Waals surface area contributed by atoms with Gasteiger partial charge in [-0.2, -0.15) is 0 Å². The van der Waals surface area contributed by atoms with Crippen molar-refractivity contribution >= 4 is 33.7 Å². The Kier molecular flexibility index (Phi) is 3.37. The summed E-state index contributed by atoms with van der Waals surface area (Å²) in [5, 5.41) is 0.808. The summed E-state index contributed by atoms with van der Waals surface area (Å²) < 4.78 is 5.60. The fraction of sp³-hybridized carbons (Fsp3) is 0.333. The molecule has 0 amide bonds. The average Bonchev–Trinajstić information content (AvgIpc) is 2.20. The van der Waals surface area contributed by atoms with Crippen molar-refractivity contribution in [2.24, 2.45) is 5.92 Å². The second kappa shape index (κ2) is 4.64. The number of nitrogens with one attached hydrogen (secondary N) is 1. The summed E-state index contributed by atoms with van der Waals surface area (Å²) >= 11 is 1.97. The van der Waals surface area contributed by atoms with Gasteiger partial charge in [-0.25, -0.2) is 4.79 Å². The Morgan fingerprint density at radius 1 is 1.35 bits per heavy atom. The number of halogens is 1. The van der Waals surface area contributed by atoms with Gasteiger partial charge in [0, 0.05) is 11.5 Å². The molecule has 0 fully saturated rings. The topological polar surface area (TPSA) is 63.1 Å². The van der Waals surface area contributed by atoms with Crippen molar-refractivity contribution in [1.29, 1.82) is 0 Å². The van der Waals surface area contributed by atoms with Gasteiger partial charge < -0.3 is 4.42 Å². The van der Waals surface area contributed by atoms with Crippen molar-refractivity contribution in [3.05, 3.63) is 42.0 Å². The van der Waals surface area contributed by atoms with E-state index in [-0.39, 0.29) is 11.3 Å². The third-order valence-electron chi connectivity index (χ3n) is 2.43. The highest BCUT2D eigenvalue weighted by Crippen LogP contribution is 2.18. The molecule has 0 aliphatic rings. The summed E-state index contributed by atoms with van der Waals surface area (Å²) in [5.74, 6) is 0.435. The Morgan fingerprint density at radius 3 is 2.71 bits per heavy atom. The maximum atomic E-state index is 11.5. The first-order valence-corrected chi connectivity index (χ1v) is 6.41. The zero-order chi connectivity index (χ0) is 12.6. The van der Waals surface area contributed by atoms with Crippen LogP contribution in [0.2, 0.25) is 0 Å². The lowest BCUT2D eigenvalue weighted by Gasteiger charge is -2.07. The highest BCUT2D eigenvalue weighted by Gasteiger charge is 2.09. The van der Waals surface area contributed by atoms with Crippen LogP contribution < -0.4 is 11.2 Å². The van der Waals surface area contributed by atoms with Crippen LogP contribution in [0.15, 0.2) is 26.1 Å². The Balaban J connectivity index is 2.78. The Bertz CT molecular complexity index is 669. The van der Waals surface area contributed by atoms with Crippen LogP contribution in [0.5, 0.6) is 0 Å². The van der Waals surface area contributed by atoms with E-state index in [0.29, 0.717) is 9.49 Å². The largest absolute Gasteiger partial charge is 0.406 e. The van der Waals surface area contributed by atoms with Crippen LogP contribution in [0.25, 0.3) is 11.1 Å². The SMILES string of the molecule is CC(C)Cc1cc(=O)oc2[nH]c(=O)c(I)cc12. The van der Waals surface area contributed by atoms with Crippen molar-refractivity contribution in [2.45, 2.75) is 20.3 Å². The number of H-pyrrole nitrogens is 1. The molecule has 0 unspecified atom stereocenters. The quantitative estimate of drug-likeness (QED) is 0.850. The van der Waals surface area contributed by atoms with E-state index >= 15 is 0 Å².